The largest absolute Gasteiger partial charge is 0.456 e. The van der Waals surface area contributed by atoms with Crippen molar-refractivity contribution < 1.29 is 34.8 Å². The molecule has 0 rings (SSSR count). The van der Waals surface area contributed by atoms with Gasteiger partial charge in [-0.3, -0.25) is 4.79 Å². The van der Waals surface area contributed by atoms with Crippen LogP contribution in [0.2, 0.25) is 0 Å². The van der Waals surface area contributed by atoms with Crippen LogP contribution in [0.15, 0.2) is 12.7 Å². The Morgan fingerprint density at radius 2 is 1.88 bits per heavy atom. The summed E-state index contributed by atoms with van der Waals surface area (Å²) in [5.74, 6) is -2.75. The molecule has 0 aromatic rings. The quantitative estimate of drug-likeness (QED) is 0.215. The van der Waals surface area contributed by atoms with Gasteiger partial charge in [0.25, 0.3) is 5.78 Å². The predicted octanol–water partition coefficient (Wildman–Crippen LogP) is -2.64. The maximum Gasteiger partial charge on any atom is 0.377 e. The molecule has 0 amide bonds. The summed E-state index contributed by atoms with van der Waals surface area (Å²) in [6.07, 6.45) is -4.59. The highest BCUT2D eigenvalue weighted by atomic mass is 16.5. The molecule has 0 saturated heterocycles. The lowest BCUT2D eigenvalue weighted by Crippen LogP contribution is -2.46. The molecule has 3 atom stereocenters. The second-order valence-electron chi connectivity index (χ2n) is 2.94. The molecule has 92 valence electrons. The van der Waals surface area contributed by atoms with E-state index in [1.807, 2.05) is 0 Å². The molecule has 0 fully saturated rings. The first kappa shape index (κ1) is 14.7. The zero-order valence-electron chi connectivity index (χ0n) is 8.44. The number of carbonyl (C=O) groups is 2. The van der Waals surface area contributed by atoms with E-state index in [4.69, 9.17) is 20.4 Å². The van der Waals surface area contributed by atoms with Gasteiger partial charge in [0.15, 0.2) is 6.10 Å². The number of aliphatic hydroxyl groups excluding tert-OH is 4. The highest BCUT2D eigenvalue weighted by Gasteiger charge is 2.34. The third-order valence-electron chi connectivity index (χ3n) is 1.71. The summed E-state index contributed by atoms with van der Waals surface area (Å²) in [6.45, 7) is 2.17. The van der Waals surface area contributed by atoms with E-state index in [2.05, 4.69) is 11.3 Å². The van der Waals surface area contributed by atoms with Crippen LogP contribution in [0.5, 0.6) is 0 Å². The fraction of sp³-hybridized carbons (Fsp3) is 0.556. The van der Waals surface area contributed by atoms with E-state index in [1.165, 1.54) is 6.08 Å². The third kappa shape index (κ3) is 4.07. The lowest BCUT2D eigenvalue weighted by Gasteiger charge is -2.19. The summed E-state index contributed by atoms with van der Waals surface area (Å²) in [5, 5.41) is 35.7. The van der Waals surface area contributed by atoms with Gasteiger partial charge in [0.05, 0.1) is 6.61 Å². The minimum absolute atomic E-state index is 0.212. The van der Waals surface area contributed by atoms with Crippen molar-refractivity contribution in [3.8, 4) is 0 Å². The van der Waals surface area contributed by atoms with Gasteiger partial charge in [-0.1, -0.05) is 12.7 Å². The summed E-state index contributed by atoms with van der Waals surface area (Å²) >= 11 is 0. The van der Waals surface area contributed by atoms with Crippen LogP contribution in [-0.4, -0.2) is 63.7 Å². The first-order valence-electron chi connectivity index (χ1n) is 4.42. The van der Waals surface area contributed by atoms with Crippen molar-refractivity contribution in [1.82, 2.24) is 0 Å². The van der Waals surface area contributed by atoms with E-state index in [1.54, 1.807) is 0 Å². The van der Waals surface area contributed by atoms with Crippen molar-refractivity contribution in [2.75, 3.05) is 13.2 Å². The first-order valence-corrected chi connectivity index (χ1v) is 4.42. The molecule has 0 radical (unpaired) electrons. The molecule has 0 heterocycles. The van der Waals surface area contributed by atoms with Crippen molar-refractivity contribution in [2.45, 2.75) is 18.3 Å². The molecule has 0 unspecified atom stereocenters. The summed E-state index contributed by atoms with van der Waals surface area (Å²) in [7, 11) is 0. The molecule has 0 bridgehead atoms. The molecular formula is C9H14O7. The molecule has 0 saturated carbocycles. The average molecular weight is 234 g/mol. The van der Waals surface area contributed by atoms with Crippen LogP contribution in [0, 0.1) is 0 Å². The third-order valence-corrected chi connectivity index (χ3v) is 1.71. The number of ether oxygens (including phenoxy) is 1. The topological polar surface area (TPSA) is 124 Å². The Morgan fingerprint density at radius 3 is 2.31 bits per heavy atom. The summed E-state index contributed by atoms with van der Waals surface area (Å²) < 4.78 is 4.32. The number of ketones is 1. The second kappa shape index (κ2) is 7.07. The summed E-state index contributed by atoms with van der Waals surface area (Å²) in [4.78, 5) is 22.0. The van der Waals surface area contributed by atoms with E-state index in [0.29, 0.717) is 0 Å². The normalized spacial score (nSPS) is 16.0. The molecule has 0 aliphatic carbocycles. The van der Waals surface area contributed by atoms with E-state index in [0.717, 1.165) is 0 Å². The molecular weight excluding hydrogens is 220 g/mol. The molecule has 16 heavy (non-hydrogen) atoms. The van der Waals surface area contributed by atoms with Gasteiger partial charge in [-0.2, -0.15) is 0 Å². The van der Waals surface area contributed by atoms with Crippen LogP contribution in [0.4, 0.5) is 0 Å². The molecule has 7 heteroatoms. The van der Waals surface area contributed by atoms with Crippen molar-refractivity contribution in [3.05, 3.63) is 12.7 Å². The predicted molar refractivity (Wildman–Crippen MR) is 51.3 cm³/mol. The van der Waals surface area contributed by atoms with Crippen LogP contribution in [-0.2, 0) is 14.3 Å². The monoisotopic (exact) mass is 234 g/mol. The molecule has 0 aliphatic heterocycles. The Hall–Kier alpha value is -1.28. The molecule has 7 nitrogen and oxygen atoms in total. The van der Waals surface area contributed by atoms with E-state index in [9.17, 15) is 9.59 Å². The number of carbonyl (C=O) groups excluding carboxylic acids is 2. The van der Waals surface area contributed by atoms with Gasteiger partial charge in [-0.05, 0) is 0 Å². The van der Waals surface area contributed by atoms with E-state index in [-0.39, 0.29) is 6.61 Å². The Kier molecular flexibility index (Phi) is 6.50. The lowest BCUT2D eigenvalue weighted by molar-refractivity contribution is -0.162. The van der Waals surface area contributed by atoms with E-state index < -0.39 is 36.7 Å². The van der Waals surface area contributed by atoms with Gasteiger partial charge < -0.3 is 25.2 Å². The number of hydrogen-bond acceptors (Lipinski definition) is 7. The second-order valence-corrected chi connectivity index (χ2v) is 2.94. The smallest absolute Gasteiger partial charge is 0.377 e. The van der Waals surface area contributed by atoms with Crippen LogP contribution < -0.4 is 0 Å². The molecule has 4 N–H and O–H groups in total. The number of Topliss-reactive ketones (excluding diaryl/α,β-unsaturated/α-hetero) is 1. The number of esters is 1. The standard InChI is InChI=1S/C9H14O7/c1-2-3-16-9(15)8(14)7(13)6(12)5(11)4-10/h2,5-7,10-13H,1,3-4H2/t5-,6+,7-/m0/s1. The SMILES string of the molecule is C=CCOC(=O)C(=O)[C@@H](O)[C@H](O)[C@@H](O)CO. The van der Waals surface area contributed by atoms with Crippen molar-refractivity contribution in [3.63, 3.8) is 0 Å². The van der Waals surface area contributed by atoms with Gasteiger partial charge in [-0.25, -0.2) is 4.79 Å². The average Bonchev–Trinajstić information content (AvgIpc) is 2.31. The minimum Gasteiger partial charge on any atom is -0.456 e. The van der Waals surface area contributed by atoms with Crippen LogP contribution in [0.25, 0.3) is 0 Å². The first-order chi connectivity index (χ1) is 7.45. The van der Waals surface area contributed by atoms with Gasteiger partial charge in [0.1, 0.15) is 18.8 Å². The zero-order chi connectivity index (χ0) is 12.7. The fourth-order valence-electron chi connectivity index (χ4n) is 0.800. The molecule has 0 aromatic heterocycles. The summed E-state index contributed by atoms with van der Waals surface area (Å²) in [6, 6.07) is 0. The van der Waals surface area contributed by atoms with Gasteiger partial charge in [-0.15, -0.1) is 0 Å². The Bertz CT molecular complexity index is 263. The highest BCUT2D eigenvalue weighted by molar-refractivity contribution is 6.35. The van der Waals surface area contributed by atoms with Crippen LogP contribution in [0.3, 0.4) is 0 Å². The highest BCUT2D eigenvalue weighted by Crippen LogP contribution is 2.02. The van der Waals surface area contributed by atoms with Gasteiger partial charge >= 0.3 is 5.97 Å². The van der Waals surface area contributed by atoms with Crippen LogP contribution in [0.1, 0.15) is 0 Å². The van der Waals surface area contributed by atoms with Crippen molar-refractivity contribution in [2.24, 2.45) is 0 Å². The van der Waals surface area contributed by atoms with Gasteiger partial charge in [0.2, 0.25) is 0 Å². The van der Waals surface area contributed by atoms with Crippen molar-refractivity contribution in [1.29, 1.82) is 0 Å². The maximum absolute atomic E-state index is 11.1. The van der Waals surface area contributed by atoms with Crippen LogP contribution >= 0.6 is 0 Å². The number of aliphatic hydroxyl groups is 4. The van der Waals surface area contributed by atoms with Gasteiger partial charge in [0, 0.05) is 0 Å². The van der Waals surface area contributed by atoms with E-state index >= 15 is 0 Å². The number of rotatable bonds is 7. The van der Waals surface area contributed by atoms with Crippen molar-refractivity contribution >= 4 is 11.8 Å². The Morgan fingerprint density at radius 1 is 1.31 bits per heavy atom. The Balaban J connectivity index is 4.36. The fourth-order valence-corrected chi connectivity index (χ4v) is 0.800. The maximum atomic E-state index is 11.1. The molecule has 0 aliphatic rings. The molecule has 0 aromatic carbocycles. The lowest BCUT2D eigenvalue weighted by atomic mass is 10.1. The minimum atomic E-state index is -2.14. The zero-order valence-corrected chi connectivity index (χ0v) is 8.44. The Labute approximate surface area is 91.6 Å². The molecule has 0 spiro atoms. The summed E-state index contributed by atoms with van der Waals surface area (Å²) in [5.41, 5.74) is 0. The number of hydrogen-bond donors (Lipinski definition) is 4.